The standard InChI is InChI=1S/C17H25N5O2.C3H6/c1-7-24-17(23)13-11(6)15-14(9(2)3)20-12(22(19)10(4)5)8-21(15)16(13)18;1-3-2/h8-9H,4,7,18-19H2,1-3,5-6H3;3H,1H2,2H3. The smallest absolute Gasteiger partial charge is 0.342 e. The second kappa shape index (κ2) is 9.23. The molecule has 2 aromatic rings. The number of nitrogens with zero attached hydrogens (tertiary/aromatic N) is 3. The molecule has 27 heavy (non-hydrogen) atoms. The van der Waals surface area contributed by atoms with E-state index in [1.54, 1.807) is 30.5 Å². The Kier molecular flexibility index (Phi) is 7.60. The number of hydrazine groups is 1. The number of nitrogens with two attached hydrogens (primary N) is 2. The SMILES string of the molecule is C=C(C)N(N)c1cn2c(N)c(C(=O)OCC)c(C)c2c(C(C)C)n1.C=CC. The van der Waals surface area contributed by atoms with Crippen LogP contribution < -0.4 is 16.6 Å². The highest BCUT2D eigenvalue weighted by atomic mass is 16.5. The lowest BCUT2D eigenvalue weighted by Crippen LogP contribution is -2.29. The molecule has 0 atom stereocenters. The lowest BCUT2D eigenvalue weighted by Gasteiger charge is -2.20. The molecule has 0 aliphatic rings. The molecule has 0 aliphatic carbocycles. The van der Waals surface area contributed by atoms with Crippen LogP contribution in [0, 0.1) is 6.92 Å². The zero-order valence-corrected chi connectivity index (χ0v) is 17.2. The highest BCUT2D eigenvalue weighted by molar-refractivity contribution is 5.99. The second-order valence-corrected chi connectivity index (χ2v) is 6.48. The lowest BCUT2D eigenvalue weighted by atomic mass is 10.1. The number of anilines is 2. The van der Waals surface area contributed by atoms with Gasteiger partial charge in [-0.05, 0) is 39.2 Å². The number of carbonyl (C=O) groups excluding carboxylic acids is 1. The van der Waals surface area contributed by atoms with Crippen LogP contribution in [0.25, 0.3) is 5.52 Å². The molecular formula is C20H31N5O2. The van der Waals surface area contributed by atoms with Crippen molar-refractivity contribution < 1.29 is 9.53 Å². The third-order valence-corrected chi connectivity index (χ3v) is 3.89. The van der Waals surface area contributed by atoms with Gasteiger partial charge in [-0.15, -0.1) is 6.58 Å². The van der Waals surface area contributed by atoms with E-state index in [0.717, 1.165) is 16.8 Å². The first-order valence-corrected chi connectivity index (χ1v) is 8.87. The van der Waals surface area contributed by atoms with E-state index in [0.29, 0.717) is 22.9 Å². The predicted molar refractivity (Wildman–Crippen MR) is 112 cm³/mol. The van der Waals surface area contributed by atoms with E-state index in [2.05, 4.69) is 18.1 Å². The van der Waals surface area contributed by atoms with Crippen LogP contribution in [-0.4, -0.2) is 22.0 Å². The number of hydrogen-bond acceptors (Lipinski definition) is 6. The van der Waals surface area contributed by atoms with Crippen LogP contribution in [0.2, 0.25) is 0 Å². The number of allylic oxidation sites excluding steroid dienone is 2. The number of fused-ring (bicyclic) bond motifs is 1. The molecule has 0 saturated heterocycles. The Labute approximate surface area is 161 Å². The van der Waals surface area contributed by atoms with Crippen molar-refractivity contribution in [1.29, 1.82) is 0 Å². The Morgan fingerprint density at radius 3 is 2.48 bits per heavy atom. The first-order valence-electron chi connectivity index (χ1n) is 8.87. The van der Waals surface area contributed by atoms with Crippen LogP contribution >= 0.6 is 0 Å². The summed E-state index contributed by atoms with van der Waals surface area (Å²) in [4.78, 5) is 16.9. The molecule has 4 N–H and O–H groups in total. The molecule has 0 aromatic carbocycles. The van der Waals surface area contributed by atoms with Gasteiger partial charge in [-0.3, -0.25) is 9.41 Å². The maximum absolute atomic E-state index is 12.3. The number of nitrogen functional groups attached to an aromatic ring is 1. The van der Waals surface area contributed by atoms with Crippen molar-refractivity contribution in [2.24, 2.45) is 5.84 Å². The van der Waals surface area contributed by atoms with Crippen molar-refractivity contribution in [3.05, 3.63) is 47.9 Å². The van der Waals surface area contributed by atoms with Crippen molar-refractivity contribution >= 4 is 23.1 Å². The summed E-state index contributed by atoms with van der Waals surface area (Å²) in [6, 6.07) is 0. The van der Waals surface area contributed by atoms with Crippen LogP contribution in [0.15, 0.2) is 31.1 Å². The molecule has 0 bridgehead atoms. The van der Waals surface area contributed by atoms with Crippen molar-refractivity contribution in [1.82, 2.24) is 9.38 Å². The van der Waals surface area contributed by atoms with Crippen LogP contribution in [-0.2, 0) is 4.74 Å². The minimum absolute atomic E-state index is 0.119. The molecule has 0 fully saturated rings. The van der Waals surface area contributed by atoms with Gasteiger partial charge >= 0.3 is 5.97 Å². The predicted octanol–water partition coefficient (Wildman–Crippen LogP) is 3.93. The van der Waals surface area contributed by atoms with Crippen molar-refractivity contribution in [3.8, 4) is 0 Å². The van der Waals surface area contributed by atoms with E-state index in [9.17, 15) is 4.79 Å². The van der Waals surface area contributed by atoms with E-state index in [1.165, 1.54) is 5.01 Å². The van der Waals surface area contributed by atoms with Gasteiger partial charge in [-0.2, -0.15) is 0 Å². The Bertz CT molecular complexity index is 852. The van der Waals surface area contributed by atoms with E-state index >= 15 is 0 Å². The van der Waals surface area contributed by atoms with Crippen molar-refractivity contribution in [3.63, 3.8) is 0 Å². The van der Waals surface area contributed by atoms with E-state index in [1.807, 2.05) is 27.7 Å². The van der Waals surface area contributed by atoms with Gasteiger partial charge in [0.25, 0.3) is 0 Å². The minimum Gasteiger partial charge on any atom is -0.462 e. The number of ether oxygens (including phenoxy) is 1. The largest absolute Gasteiger partial charge is 0.462 e. The van der Waals surface area contributed by atoms with Crippen LogP contribution in [0.4, 0.5) is 11.6 Å². The maximum Gasteiger partial charge on any atom is 0.342 e. The average Bonchev–Trinajstić information content (AvgIpc) is 2.85. The molecular weight excluding hydrogens is 342 g/mol. The third kappa shape index (κ3) is 4.49. The fraction of sp³-hybridized carbons (Fsp3) is 0.400. The topological polar surface area (TPSA) is 98.9 Å². The Morgan fingerprint density at radius 1 is 1.48 bits per heavy atom. The summed E-state index contributed by atoms with van der Waals surface area (Å²) in [5, 5.41) is 1.39. The lowest BCUT2D eigenvalue weighted by molar-refractivity contribution is 0.0527. The summed E-state index contributed by atoms with van der Waals surface area (Å²) in [6.07, 6.45) is 3.46. The fourth-order valence-electron chi connectivity index (χ4n) is 2.68. The molecule has 0 amide bonds. The summed E-state index contributed by atoms with van der Waals surface area (Å²) in [7, 11) is 0. The first-order chi connectivity index (χ1) is 12.6. The summed E-state index contributed by atoms with van der Waals surface area (Å²) in [5.74, 6) is 6.54. The number of hydrogen-bond donors (Lipinski definition) is 2. The molecule has 0 aliphatic heterocycles. The highest BCUT2D eigenvalue weighted by Crippen LogP contribution is 2.32. The molecule has 0 spiro atoms. The highest BCUT2D eigenvalue weighted by Gasteiger charge is 2.25. The number of aromatic nitrogens is 2. The number of esters is 1. The Balaban J connectivity index is 0.00000114. The van der Waals surface area contributed by atoms with Gasteiger partial charge < -0.3 is 10.5 Å². The molecule has 0 saturated carbocycles. The van der Waals surface area contributed by atoms with Gasteiger partial charge in [0.2, 0.25) is 0 Å². The maximum atomic E-state index is 12.3. The fourth-order valence-corrected chi connectivity index (χ4v) is 2.68. The minimum atomic E-state index is -0.433. The summed E-state index contributed by atoms with van der Waals surface area (Å²) in [6.45, 7) is 18.8. The van der Waals surface area contributed by atoms with Gasteiger partial charge in [0.05, 0.1) is 24.0 Å². The molecule has 0 radical (unpaired) electrons. The molecule has 2 rings (SSSR count). The third-order valence-electron chi connectivity index (χ3n) is 3.89. The summed E-state index contributed by atoms with van der Waals surface area (Å²) >= 11 is 0. The molecule has 7 heteroatoms. The van der Waals surface area contributed by atoms with Crippen LogP contribution in [0.3, 0.4) is 0 Å². The number of carbonyl (C=O) groups is 1. The van der Waals surface area contributed by atoms with E-state index in [-0.39, 0.29) is 12.5 Å². The zero-order chi connectivity index (χ0) is 20.9. The normalized spacial score (nSPS) is 10.4. The molecule has 0 unspecified atom stereocenters. The van der Waals surface area contributed by atoms with Crippen LogP contribution in [0.1, 0.15) is 62.2 Å². The van der Waals surface area contributed by atoms with Gasteiger partial charge in [-0.25, -0.2) is 15.6 Å². The van der Waals surface area contributed by atoms with Gasteiger partial charge in [0.15, 0.2) is 5.82 Å². The molecule has 2 heterocycles. The second-order valence-electron chi connectivity index (χ2n) is 6.48. The van der Waals surface area contributed by atoms with Crippen molar-refractivity contribution in [2.45, 2.75) is 47.5 Å². The van der Waals surface area contributed by atoms with Crippen LogP contribution in [0.5, 0.6) is 0 Å². The molecule has 7 nitrogen and oxygen atoms in total. The first kappa shape index (κ1) is 22.2. The Morgan fingerprint density at radius 2 is 2.04 bits per heavy atom. The summed E-state index contributed by atoms with van der Waals surface area (Å²) in [5.41, 5.74) is 9.63. The summed E-state index contributed by atoms with van der Waals surface area (Å²) < 4.78 is 6.89. The number of rotatable bonds is 5. The van der Waals surface area contributed by atoms with Gasteiger partial charge in [-0.1, -0.05) is 26.5 Å². The average molecular weight is 374 g/mol. The van der Waals surface area contributed by atoms with Gasteiger partial charge in [0.1, 0.15) is 11.4 Å². The molecule has 148 valence electrons. The molecule has 2 aromatic heterocycles. The monoisotopic (exact) mass is 373 g/mol. The zero-order valence-electron chi connectivity index (χ0n) is 17.2. The Hall–Kier alpha value is -2.80. The van der Waals surface area contributed by atoms with E-state index < -0.39 is 5.97 Å². The quantitative estimate of drug-likeness (QED) is 0.356. The van der Waals surface area contributed by atoms with Gasteiger partial charge in [0, 0.05) is 5.70 Å². The van der Waals surface area contributed by atoms with Crippen molar-refractivity contribution in [2.75, 3.05) is 17.3 Å². The van der Waals surface area contributed by atoms with E-state index in [4.69, 9.17) is 16.3 Å². The number of aryl methyl sites for hydroxylation is 1.